The molecule has 0 fully saturated rings. The summed E-state index contributed by atoms with van der Waals surface area (Å²) in [6.45, 7) is 6.93. The zero-order chi connectivity index (χ0) is 7.82. The molecule has 1 rings (SSSR count). The van der Waals surface area contributed by atoms with Gasteiger partial charge in [-0.05, 0) is 13.0 Å². The molecule has 0 saturated heterocycles. The number of nitrogens with zero attached hydrogens (tertiary/aromatic N) is 1. The van der Waals surface area contributed by atoms with Crippen molar-refractivity contribution in [3.8, 4) is 0 Å². The van der Waals surface area contributed by atoms with E-state index in [1.54, 1.807) is 0 Å². The zero-order valence-electron chi connectivity index (χ0n) is 6.96. The standard InChI is InChI=1S/C7H9N.C2H6/c1-7-4-2-3-5-8-6-7;1-2/h2-5H,6H2,1H3;1-2H3. The molecule has 0 aromatic carbocycles. The summed E-state index contributed by atoms with van der Waals surface area (Å²) in [5.74, 6) is 0. The molecule has 0 unspecified atom stereocenters. The Kier molecular flexibility index (Phi) is 5.74. The van der Waals surface area contributed by atoms with Gasteiger partial charge in [-0.3, -0.25) is 4.99 Å². The molecule has 1 heterocycles. The molecule has 0 atom stereocenters. The van der Waals surface area contributed by atoms with E-state index in [1.807, 2.05) is 32.2 Å². The van der Waals surface area contributed by atoms with Crippen LogP contribution >= 0.6 is 0 Å². The normalized spacial score (nSPS) is 14.9. The molecule has 0 aromatic rings. The van der Waals surface area contributed by atoms with Crippen LogP contribution in [0.3, 0.4) is 0 Å². The van der Waals surface area contributed by atoms with Gasteiger partial charge in [-0.25, -0.2) is 0 Å². The number of hydrogen-bond acceptors (Lipinski definition) is 1. The molecule has 1 nitrogen and oxygen atoms in total. The Hall–Kier alpha value is -0.850. The largest absolute Gasteiger partial charge is 0.289 e. The highest BCUT2D eigenvalue weighted by atomic mass is 14.7. The third kappa shape index (κ3) is 4.07. The lowest BCUT2D eigenvalue weighted by Gasteiger charge is -1.86. The maximum Gasteiger partial charge on any atom is 0.0599 e. The van der Waals surface area contributed by atoms with Crippen molar-refractivity contribution in [2.45, 2.75) is 20.8 Å². The average molecular weight is 137 g/mol. The molecule has 0 aromatic heterocycles. The van der Waals surface area contributed by atoms with Crippen LogP contribution in [0.1, 0.15) is 20.8 Å². The van der Waals surface area contributed by atoms with Crippen molar-refractivity contribution in [2.75, 3.05) is 6.54 Å². The number of hydrogen-bond donors (Lipinski definition) is 0. The maximum absolute atomic E-state index is 4.07. The molecule has 0 amide bonds. The highest BCUT2D eigenvalue weighted by Gasteiger charge is 1.83. The zero-order valence-corrected chi connectivity index (χ0v) is 6.96. The van der Waals surface area contributed by atoms with E-state index in [1.165, 1.54) is 5.57 Å². The first kappa shape index (κ1) is 9.15. The first-order valence-electron chi connectivity index (χ1n) is 3.72. The van der Waals surface area contributed by atoms with E-state index in [0.717, 1.165) is 6.54 Å². The molecule has 1 aliphatic heterocycles. The molecule has 10 heavy (non-hydrogen) atoms. The van der Waals surface area contributed by atoms with Crippen LogP contribution in [0.15, 0.2) is 28.8 Å². The molecular weight excluding hydrogens is 122 g/mol. The number of allylic oxidation sites excluding steroid dienone is 3. The molecule has 0 radical (unpaired) electrons. The van der Waals surface area contributed by atoms with Crippen LogP contribution in [0.4, 0.5) is 0 Å². The van der Waals surface area contributed by atoms with Crippen molar-refractivity contribution in [1.29, 1.82) is 0 Å². The van der Waals surface area contributed by atoms with Crippen molar-refractivity contribution < 1.29 is 0 Å². The maximum atomic E-state index is 4.07. The fraction of sp³-hybridized carbons (Fsp3) is 0.444. The minimum absolute atomic E-state index is 0.854. The molecule has 0 bridgehead atoms. The third-order valence-electron chi connectivity index (χ3n) is 1.02. The monoisotopic (exact) mass is 137 g/mol. The van der Waals surface area contributed by atoms with Crippen molar-refractivity contribution in [3.05, 3.63) is 23.8 Å². The van der Waals surface area contributed by atoms with Gasteiger partial charge >= 0.3 is 0 Å². The van der Waals surface area contributed by atoms with Crippen LogP contribution in [0, 0.1) is 0 Å². The van der Waals surface area contributed by atoms with Gasteiger partial charge in [0.25, 0.3) is 0 Å². The lowest BCUT2D eigenvalue weighted by Crippen LogP contribution is -1.78. The Balaban J connectivity index is 0.000000371. The average Bonchev–Trinajstić information content (AvgIpc) is 2.21. The van der Waals surface area contributed by atoms with E-state index in [4.69, 9.17) is 0 Å². The Morgan fingerprint density at radius 2 is 2.00 bits per heavy atom. The summed E-state index contributed by atoms with van der Waals surface area (Å²) in [5, 5.41) is 0. The minimum atomic E-state index is 0.854. The topological polar surface area (TPSA) is 12.4 Å². The number of rotatable bonds is 0. The van der Waals surface area contributed by atoms with Crippen LogP contribution in [0.25, 0.3) is 0 Å². The van der Waals surface area contributed by atoms with E-state index in [-0.39, 0.29) is 0 Å². The quantitative estimate of drug-likeness (QED) is 0.486. The summed E-state index contributed by atoms with van der Waals surface area (Å²) in [7, 11) is 0. The smallest absolute Gasteiger partial charge is 0.0599 e. The fourth-order valence-corrected chi connectivity index (χ4v) is 0.580. The van der Waals surface area contributed by atoms with Crippen LogP contribution in [0.2, 0.25) is 0 Å². The summed E-state index contributed by atoms with van der Waals surface area (Å²) in [5.41, 5.74) is 1.31. The van der Waals surface area contributed by atoms with Crippen LogP contribution in [0.5, 0.6) is 0 Å². The summed E-state index contributed by atoms with van der Waals surface area (Å²) in [4.78, 5) is 4.07. The second-order valence-electron chi connectivity index (χ2n) is 1.89. The Bertz CT molecular complexity index is 152. The predicted octanol–water partition coefficient (Wildman–Crippen LogP) is 2.60. The van der Waals surface area contributed by atoms with Crippen LogP contribution in [-0.2, 0) is 0 Å². The fourth-order valence-electron chi connectivity index (χ4n) is 0.580. The second-order valence-corrected chi connectivity index (χ2v) is 1.89. The van der Waals surface area contributed by atoms with Gasteiger partial charge < -0.3 is 0 Å². The van der Waals surface area contributed by atoms with E-state index < -0.39 is 0 Å². The Labute approximate surface area is 63.2 Å². The molecular formula is C9H15N. The van der Waals surface area contributed by atoms with Crippen molar-refractivity contribution in [1.82, 2.24) is 0 Å². The minimum Gasteiger partial charge on any atom is -0.289 e. The third-order valence-corrected chi connectivity index (χ3v) is 1.02. The highest BCUT2D eigenvalue weighted by Crippen LogP contribution is 1.95. The Morgan fingerprint density at radius 1 is 1.30 bits per heavy atom. The molecule has 1 heteroatoms. The van der Waals surface area contributed by atoms with Gasteiger partial charge in [0, 0.05) is 6.21 Å². The molecule has 1 aliphatic rings. The van der Waals surface area contributed by atoms with Gasteiger partial charge in [0.1, 0.15) is 0 Å². The first-order valence-corrected chi connectivity index (χ1v) is 3.72. The van der Waals surface area contributed by atoms with Crippen LogP contribution in [-0.4, -0.2) is 12.8 Å². The summed E-state index contributed by atoms with van der Waals surface area (Å²) < 4.78 is 0. The van der Waals surface area contributed by atoms with Crippen molar-refractivity contribution in [3.63, 3.8) is 0 Å². The Morgan fingerprint density at radius 3 is 2.70 bits per heavy atom. The molecule has 0 aliphatic carbocycles. The van der Waals surface area contributed by atoms with Gasteiger partial charge in [-0.1, -0.05) is 31.6 Å². The van der Waals surface area contributed by atoms with Crippen molar-refractivity contribution in [2.24, 2.45) is 4.99 Å². The van der Waals surface area contributed by atoms with Gasteiger partial charge in [0.15, 0.2) is 0 Å². The van der Waals surface area contributed by atoms with E-state index in [0.29, 0.717) is 0 Å². The first-order chi connectivity index (χ1) is 4.89. The molecule has 0 N–H and O–H groups in total. The van der Waals surface area contributed by atoms with E-state index in [2.05, 4.69) is 18.0 Å². The SMILES string of the molecule is CC.CC1=CC=CC=NC1. The summed E-state index contributed by atoms with van der Waals surface area (Å²) in [6.07, 6.45) is 7.85. The van der Waals surface area contributed by atoms with Gasteiger partial charge in [-0.2, -0.15) is 0 Å². The molecule has 0 saturated carbocycles. The number of aliphatic imine (C=N–C) groups is 1. The van der Waals surface area contributed by atoms with Gasteiger partial charge in [-0.15, -0.1) is 0 Å². The summed E-state index contributed by atoms with van der Waals surface area (Å²) >= 11 is 0. The van der Waals surface area contributed by atoms with E-state index in [9.17, 15) is 0 Å². The lowest BCUT2D eigenvalue weighted by atomic mass is 10.3. The predicted molar refractivity (Wildman–Crippen MR) is 47.6 cm³/mol. The second kappa shape index (κ2) is 6.27. The molecule has 56 valence electrons. The molecule has 0 spiro atoms. The highest BCUT2D eigenvalue weighted by molar-refractivity contribution is 5.72. The van der Waals surface area contributed by atoms with Crippen LogP contribution < -0.4 is 0 Å². The summed E-state index contributed by atoms with van der Waals surface area (Å²) in [6, 6.07) is 0. The van der Waals surface area contributed by atoms with Gasteiger partial charge in [0.05, 0.1) is 6.54 Å². The van der Waals surface area contributed by atoms with E-state index >= 15 is 0 Å². The lowest BCUT2D eigenvalue weighted by molar-refractivity contribution is 1.15. The van der Waals surface area contributed by atoms with Gasteiger partial charge in [0.2, 0.25) is 0 Å². The van der Waals surface area contributed by atoms with Crippen molar-refractivity contribution >= 4 is 6.21 Å².